The van der Waals surface area contributed by atoms with E-state index >= 15 is 0 Å². The standard InChI is InChI=1S/C9H15F2N/c10-9(11)2-1-8(7-9)3-5-12-6-4-8/h12H,1-7H2. The second kappa shape index (κ2) is 2.66. The second-order valence-electron chi connectivity index (χ2n) is 4.28. The van der Waals surface area contributed by atoms with Gasteiger partial charge in [0.15, 0.2) is 0 Å². The summed E-state index contributed by atoms with van der Waals surface area (Å²) in [5.41, 5.74) is -0.00521. The smallest absolute Gasteiger partial charge is 0.248 e. The lowest BCUT2D eigenvalue weighted by molar-refractivity contribution is -0.00756. The molecule has 3 heteroatoms. The van der Waals surface area contributed by atoms with Gasteiger partial charge in [0, 0.05) is 12.8 Å². The molecular weight excluding hydrogens is 160 g/mol. The van der Waals surface area contributed by atoms with Crippen molar-refractivity contribution in [1.82, 2.24) is 5.32 Å². The van der Waals surface area contributed by atoms with E-state index < -0.39 is 5.92 Å². The maximum absolute atomic E-state index is 13.0. The zero-order valence-electron chi connectivity index (χ0n) is 7.21. The highest BCUT2D eigenvalue weighted by molar-refractivity contribution is 4.95. The van der Waals surface area contributed by atoms with Gasteiger partial charge in [-0.15, -0.1) is 0 Å². The number of alkyl halides is 2. The van der Waals surface area contributed by atoms with Crippen molar-refractivity contribution < 1.29 is 8.78 Å². The maximum atomic E-state index is 13.0. The average molecular weight is 175 g/mol. The van der Waals surface area contributed by atoms with Gasteiger partial charge in [-0.05, 0) is 37.8 Å². The van der Waals surface area contributed by atoms with E-state index in [0.29, 0.717) is 0 Å². The molecule has 1 saturated carbocycles. The van der Waals surface area contributed by atoms with Gasteiger partial charge in [-0.25, -0.2) is 8.78 Å². The third-order valence-electron chi connectivity index (χ3n) is 3.32. The lowest BCUT2D eigenvalue weighted by atomic mass is 9.77. The highest BCUT2D eigenvalue weighted by atomic mass is 19.3. The molecular formula is C9H15F2N. The molecule has 70 valence electrons. The largest absolute Gasteiger partial charge is 0.317 e. The summed E-state index contributed by atoms with van der Waals surface area (Å²) in [4.78, 5) is 0. The Bertz CT molecular complexity index is 173. The molecule has 0 bridgehead atoms. The van der Waals surface area contributed by atoms with Crippen LogP contribution in [-0.4, -0.2) is 19.0 Å². The summed E-state index contributed by atoms with van der Waals surface area (Å²) in [5, 5.41) is 3.22. The molecule has 1 nitrogen and oxygen atoms in total. The van der Waals surface area contributed by atoms with E-state index in [0.717, 1.165) is 32.4 Å². The first-order valence-electron chi connectivity index (χ1n) is 4.71. The zero-order chi connectivity index (χ0) is 8.66. The SMILES string of the molecule is FC1(F)CCC2(CCNCC2)C1. The van der Waals surface area contributed by atoms with Crippen molar-refractivity contribution in [2.75, 3.05) is 13.1 Å². The second-order valence-corrected chi connectivity index (χ2v) is 4.28. The lowest BCUT2D eigenvalue weighted by Crippen LogP contribution is -2.35. The third kappa shape index (κ3) is 1.47. The lowest BCUT2D eigenvalue weighted by Gasteiger charge is -2.33. The number of hydrogen-bond donors (Lipinski definition) is 1. The Hall–Kier alpha value is -0.180. The van der Waals surface area contributed by atoms with Crippen LogP contribution in [0.2, 0.25) is 0 Å². The molecule has 1 aliphatic heterocycles. The number of nitrogens with one attached hydrogen (secondary N) is 1. The monoisotopic (exact) mass is 175 g/mol. The Kier molecular flexibility index (Phi) is 1.86. The van der Waals surface area contributed by atoms with Crippen molar-refractivity contribution in [2.24, 2.45) is 5.41 Å². The van der Waals surface area contributed by atoms with E-state index in [1.54, 1.807) is 0 Å². The van der Waals surface area contributed by atoms with Crippen LogP contribution in [0, 0.1) is 5.41 Å². The maximum Gasteiger partial charge on any atom is 0.248 e. The molecule has 1 saturated heterocycles. The quantitative estimate of drug-likeness (QED) is 0.595. The molecule has 1 heterocycles. The molecule has 1 N–H and O–H groups in total. The summed E-state index contributed by atoms with van der Waals surface area (Å²) < 4.78 is 25.9. The fraction of sp³-hybridized carbons (Fsp3) is 1.00. The van der Waals surface area contributed by atoms with Gasteiger partial charge in [-0.2, -0.15) is 0 Å². The summed E-state index contributed by atoms with van der Waals surface area (Å²) in [6, 6.07) is 0. The van der Waals surface area contributed by atoms with Gasteiger partial charge in [0.25, 0.3) is 0 Å². The van der Waals surface area contributed by atoms with Crippen LogP contribution in [0.15, 0.2) is 0 Å². The van der Waals surface area contributed by atoms with Crippen LogP contribution in [-0.2, 0) is 0 Å². The first-order valence-corrected chi connectivity index (χ1v) is 4.71. The van der Waals surface area contributed by atoms with Gasteiger partial charge in [-0.3, -0.25) is 0 Å². The van der Waals surface area contributed by atoms with E-state index in [1.807, 2.05) is 0 Å². The van der Waals surface area contributed by atoms with Crippen LogP contribution < -0.4 is 5.32 Å². The van der Waals surface area contributed by atoms with Gasteiger partial charge in [-0.1, -0.05) is 0 Å². The van der Waals surface area contributed by atoms with E-state index in [4.69, 9.17) is 0 Å². The first-order chi connectivity index (χ1) is 5.62. The van der Waals surface area contributed by atoms with E-state index in [9.17, 15) is 8.78 Å². The van der Waals surface area contributed by atoms with Crippen LogP contribution in [0.4, 0.5) is 8.78 Å². The van der Waals surface area contributed by atoms with Crippen molar-refractivity contribution in [2.45, 2.75) is 38.0 Å². The highest BCUT2D eigenvalue weighted by Gasteiger charge is 2.49. The van der Waals surface area contributed by atoms with E-state index in [-0.39, 0.29) is 18.3 Å². The molecule has 2 aliphatic rings. The van der Waals surface area contributed by atoms with Crippen LogP contribution in [0.5, 0.6) is 0 Å². The normalized spacial score (nSPS) is 32.5. The van der Waals surface area contributed by atoms with Crippen LogP contribution >= 0.6 is 0 Å². The van der Waals surface area contributed by atoms with Crippen LogP contribution in [0.25, 0.3) is 0 Å². The molecule has 1 aliphatic carbocycles. The predicted octanol–water partition coefficient (Wildman–Crippen LogP) is 2.18. The molecule has 0 radical (unpaired) electrons. The Morgan fingerprint density at radius 3 is 2.08 bits per heavy atom. The Balaban J connectivity index is 2.03. The minimum absolute atomic E-state index is 0.00521. The van der Waals surface area contributed by atoms with Gasteiger partial charge in [0.1, 0.15) is 0 Å². The van der Waals surface area contributed by atoms with Crippen molar-refractivity contribution in [1.29, 1.82) is 0 Å². The van der Waals surface area contributed by atoms with Gasteiger partial charge >= 0.3 is 0 Å². The van der Waals surface area contributed by atoms with Crippen LogP contribution in [0.1, 0.15) is 32.1 Å². The number of halogens is 2. The summed E-state index contributed by atoms with van der Waals surface area (Å²) in [5.74, 6) is -2.36. The van der Waals surface area contributed by atoms with Gasteiger partial charge in [0.05, 0.1) is 0 Å². The minimum Gasteiger partial charge on any atom is -0.317 e. The van der Waals surface area contributed by atoms with Crippen molar-refractivity contribution in [3.05, 3.63) is 0 Å². The third-order valence-corrected chi connectivity index (χ3v) is 3.32. The summed E-state index contributed by atoms with van der Waals surface area (Å²) in [6.45, 7) is 1.85. The zero-order valence-corrected chi connectivity index (χ0v) is 7.21. The molecule has 1 spiro atoms. The summed E-state index contributed by atoms with van der Waals surface area (Å²) >= 11 is 0. The molecule has 0 aromatic rings. The molecule has 0 aromatic carbocycles. The predicted molar refractivity (Wildman–Crippen MR) is 43.3 cm³/mol. The Morgan fingerprint density at radius 1 is 0.917 bits per heavy atom. The van der Waals surface area contributed by atoms with Crippen molar-refractivity contribution in [3.63, 3.8) is 0 Å². The Morgan fingerprint density at radius 2 is 1.58 bits per heavy atom. The van der Waals surface area contributed by atoms with Crippen LogP contribution in [0.3, 0.4) is 0 Å². The average Bonchev–Trinajstić information content (AvgIpc) is 2.29. The first kappa shape index (κ1) is 8.42. The topological polar surface area (TPSA) is 12.0 Å². The summed E-state index contributed by atoms with van der Waals surface area (Å²) in [7, 11) is 0. The van der Waals surface area contributed by atoms with Gasteiger partial charge in [0.2, 0.25) is 5.92 Å². The molecule has 12 heavy (non-hydrogen) atoms. The molecule has 2 rings (SSSR count). The van der Waals surface area contributed by atoms with Crippen molar-refractivity contribution >= 4 is 0 Å². The van der Waals surface area contributed by atoms with Gasteiger partial charge < -0.3 is 5.32 Å². The van der Waals surface area contributed by atoms with Crippen molar-refractivity contribution in [3.8, 4) is 0 Å². The molecule has 0 amide bonds. The van der Waals surface area contributed by atoms with E-state index in [1.165, 1.54) is 0 Å². The van der Waals surface area contributed by atoms with E-state index in [2.05, 4.69) is 5.32 Å². The minimum atomic E-state index is -2.36. The highest BCUT2D eigenvalue weighted by Crippen LogP contribution is 2.51. The molecule has 0 aromatic heterocycles. The Labute approximate surface area is 71.5 Å². The summed E-state index contributed by atoms with van der Waals surface area (Å²) in [6.07, 6.45) is 2.89. The number of rotatable bonds is 0. The molecule has 0 unspecified atom stereocenters. The number of piperidine rings is 1. The fourth-order valence-electron chi connectivity index (χ4n) is 2.56. The molecule has 0 atom stereocenters. The number of hydrogen-bond acceptors (Lipinski definition) is 1. The fourth-order valence-corrected chi connectivity index (χ4v) is 2.56. The molecule has 2 fully saturated rings.